The molecule has 1 atom stereocenters. The third-order valence-corrected chi connectivity index (χ3v) is 4.42. The van der Waals surface area contributed by atoms with Gasteiger partial charge in [-0.05, 0) is 31.6 Å². The molecule has 0 aliphatic rings. The SMILES string of the molecule is CCc1nc(C(C)NC(=O)NCCCC(C)(C)CO)cs1. The molecule has 0 fully saturated rings. The lowest BCUT2D eigenvalue weighted by Crippen LogP contribution is -2.38. The van der Waals surface area contributed by atoms with Gasteiger partial charge in [-0.3, -0.25) is 0 Å². The highest BCUT2D eigenvalue weighted by Crippen LogP contribution is 2.20. The van der Waals surface area contributed by atoms with Gasteiger partial charge in [-0.2, -0.15) is 0 Å². The van der Waals surface area contributed by atoms with Gasteiger partial charge < -0.3 is 15.7 Å². The molecular formula is C15H27N3O2S. The Morgan fingerprint density at radius 3 is 2.81 bits per heavy atom. The van der Waals surface area contributed by atoms with E-state index in [2.05, 4.69) is 22.5 Å². The standard InChI is InChI=1S/C15H27N3O2S/c1-5-13-18-12(9-21-13)11(2)17-14(20)16-8-6-7-15(3,4)10-19/h9,11,19H,5-8,10H2,1-4H3,(H2,16,17,20). The predicted molar refractivity (Wildman–Crippen MR) is 86.5 cm³/mol. The second-order valence-corrected chi connectivity index (χ2v) is 7.01. The number of carbonyl (C=O) groups excluding carboxylic acids is 1. The molecule has 0 saturated heterocycles. The monoisotopic (exact) mass is 313 g/mol. The summed E-state index contributed by atoms with van der Waals surface area (Å²) in [7, 11) is 0. The molecule has 120 valence electrons. The van der Waals surface area contributed by atoms with Crippen LogP contribution in [0.4, 0.5) is 4.79 Å². The molecule has 0 radical (unpaired) electrons. The summed E-state index contributed by atoms with van der Waals surface area (Å²) in [5, 5.41) is 18.0. The van der Waals surface area contributed by atoms with E-state index in [0.29, 0.717) is 6.54 Å². The van der Waals surface area contributed by atoms with Crippen LogP contribution in [0.3, 0.4) is 0 Å². The third-order valence-electron chi connectivity index (χ3n) is 3.41. The molecule has 0 aromatic carbocycles. The molecule has 0 aliphatic heterocycles. The highest BCUT2D eigenvalue weighted by Gasteiger charge is 2.16. The van der Waals surface area contributed by atoms with Crippen LogP contribution in [0.15, 0.2) is 5.38 Å². The number of amides is 2. The van der Waals surface area contributed by atoms with Crippen molar-refractivity contribution in [3.8, 4) is 0 Å². The first-order chi connectivity index (χ1) is 9.88. The van der Waals surface area contributed by atoms with Crippen molar-refractivity contribution < 1.29 is 9.90 Å². The second-order valence-electron chi connectivity index (χ2n) is 6.07. The number of hydrogen-bond donors (Lipinski definition) is 3. The average Bonchev–Trinajstić information content (AvgIpc) is 2.92. The summed E-state index contributed by atoms with van der Waals surface area (Å²) in [4.78, 5) is 16.3. The van der Waals surface area contributed by atoms with Crippen molar-refractivity contribution in [1.82, 2.24) is 15.6 Å². The first-order valence-electron chi connectivity index (χ1n) is 7.47. The third kappa shape index (κ3) is 6.44. The van der Waals surface area contributed by atoms with Crippen molar-refractivity contribution in [1.29, 1.82) is 0 Å². The molecule has 0 saturated carbocycles. The van der Waals surface area contributed by atoms with Gasteiger partial charge >= 0.3 is 6.03 Å². The van der Waals surface area contributed by atoms with Gasteiger partial charge in [0.25, 0.3) is 0 Å². The Labute approximate surface area is 131 Å². The van der Waals surface area contributed by atoms with Crippen LogP contribution in [0.25, 0.3) is 0 Å². The topological polar surface area (TPSA) is 74.2 Å². The zero-order chi connectivity index (χ0) is 15.9. The van der Waals surface area contributed by atoms with E-state index in [1.54, 1.807) is 11.3 Å². The Bertz CT molecular complexity index is 446. The zero-order valence-corrected chi connectivity index (χ0v) is 14.2. The van der Waals surface area contributed by atoms with E-state index in [1.807, 2.05) is 26.2 Å². The minimum atomic E-state index is -0.171. The molecule has 0 bridgehead atoms. The molecule has 6 heteroatoms. The van der Waals surface area contributed by atoms with Crippen LogP contribution in [0, 0.1) is 5.41 Å². The number of aliphatic hydroxyl groups excluding tert-OH is 1. The minimum absolute atomic E-state index is 0.0808. The highest BCUT2D eigenvalue weighted by atomic mass is 32.1. The Kier molecular flexibility index (Phi) is 7.11. The van der Waals surface area contributed by atoms with Crippen LogP contribution in [0.5, 0.6) is 0 Å². The molecule has 1 unspecified atom stereocenters. The molecular weight excluding hydrogens is 286 g/mol. The number of urea groups is 1. The van der Waals surface area contributed by atoms with E-state index in [4.69, 9.17) is 5.11 Å². The number of aliphatic hydroxyl groups is 1. The first-order valence-corrected chi connectivity index (χ1v) is 8.35. The quantitative estimate of drug-likeness (QED) is 0.646. The molecule has 1 rings (SSSR count). The van der Waals surface area contributed by atoms with Gasteiger partial charge in [0, 0.05) is 18.5 Å². The van der Waals surface area contributed by atoms with Crippen molar-refractivity contribution in [2.45, 2.75) is 53.0 Å². The lowest BCUT2D eigenvalue weighted by atomic mass is 9.89. The Morgan fingerprint density at radius 1 is 1.52 bits per heavy atom. The largest absolute Gasteiger partial charge is 0.396 e. The Morgan fingerprint density at radius 2 is 2.24 bits per heavy atom. The molecule has 1 aromatic heterocycles. The van der Waals surface area contributed by atoms with Gasteiger partial charge in [-0.15, -0.1) is 11.3 Å². The van der Waals surface area contributed by atoms with Crippen LogP contribution in [0.2, 0.25) is 0 Å². The lowest BCUT2D eigenvalue weighted by molar-refractivity contribution is 0.148. The molecule has 21 heavy (non-hydrogen) atoms. The molecule has 0 aliphatic carbocycles. The van der Waals surface area contributed by atoms with Gasteiger partial charge in [0.2, 0.25) is 0 Å². The number of nitrogens with one attached hydrogen (secondary N) is 2. The molecule has 2 amide bonds. The maximum absolute atomic E-state index is 11.8. The van der Waals surface area contributed by atoms with Crippen molar-refractivity contribution in [2.24, 2.45) is 5.41 Å². The lowest BCUT2D eigenvalue weighted by Gasteiger charge is -2.21. The Hall–Kier alpha value is -1.14. The zero-order valence-electron chi connectivity index (χ0n) is 13.4. The molecule has 1 aromatic rings. The van der Waals surface area contributed by atoms with Gasteiger partial charge in [-0.1, -0.05) is 20.8 Å². The molecule has 5 nitrogen and oxygen atoms in total. The van der Waals surface area contributed by atoms with E-state index < -0.39 is 0 Å². The number of rotatable bonds is 8. The van der Waals surface area contributed by atoms with Gasteiger partial charge in [0.1, 0.15) is 0 Å². The smallest absolute Gasteiger partial charge is 0.315 e. The van der Waals surface area contributed by atoms with Gasteiger partial charge in [0.05, 0.1) is 16.7 Å². The maximum atomic E-state index is 11.8. The summed E-state index contributed by atoms with van der Waals surface area (Å²) in [5.74, 6) is 0. The summed E-state index contributed by atoms with van der Waals surface area (Å²) in [6, 6.07) is -0.259. The molecule has 3 N–H and O–H groups in total. The predicted octanol–water partition coefficient (Wildman–Crippen LogP) is 2.86. The van der Waals surface area contributed by atoms with Gasteiger partial charge in [0.15, 0.2) is 0 Å². The number of aryl methyl sites for hydroxylation is 1. The summed E-state index contributed by atoms with van der Waals surface area (Å²) < 4.78 is 0. The van der Waals surface area contributed by atoms with Crippen molar-refractivity contribution in [3.63, 3.8) is 0 Å². The maximum Gasteiger partial charge on any atom is 0.315 e. The minimum Gasteiger partial charge on any atom is -0.396 e. The number of carbonyl (C=O) groups is 1. The average molecular weight is 313 g/mol. The van der Waals surface area contributed by atoms with Crippen LogP contribution in [0.1, 0.15) is 57.3 Å². The van der Waals surface area contributed by atoms with Crippen LogP contribution >= 0.6 is 11.3 Å². The van der Waals surface area contributed by atoms with Crippen LogP contribution < -0.4 is 10.6 Å². The van der Waals surface area contributed by atoms with E-state index in [-0.39, 0.29) is 24.1 Å². The van der Waals surface area contributed by atoms with E-state index in [1.165, 1.54) is 0 Å². The number of thiazole rings is 1. The fraction of sp³-hybridized carbons (Fsp3) is 0.733. The van der Waals surface area contributed by atoms with Crippen molar-refractivity contribution in [3.05, 3.63) is 16.1 Å². The summed E-state index contributed by atoms with van der Waals surface area (Å²) >= 11 is 1.63. The van der Waals surface area contributed by atoms with E-state index in [9.17, 15) is 4.79 Å². The Balaban J connectivity index is 2.27. The van der Waals surface area contributed by atoms with Crippen LogP contribution in [-0.2, 0) is 6.42 Å². The van der Waals surface area contributed by atoms with E-state index in [0.717, 1.165) is 30.0 Å². The second kappa shape index (κ2) is 8.34. The fourth-order valence-corrected chi connectivity index (χ4v) is 2.69. The molecule has 1 heterocycles. The summed E-state index contributed by atoms with van der Waals surface area (Å²) in [5.41, 5.74) is 0.830. The van der Waals surface area contributed by atoms with Crippen LogP contribution in [-0.4, -0.2) is 29.3 Å². The van der Waals surface area contributed by atoms with Crippen molar-refractivity contribution in [2.75, 3.05) is 13.2 Å². The number of aromatic nitrogens is 1. The summed E-state index contributed by atoms with van der Waals surface area (Å²) in [6.45, 7) is 8.81. The fourth-order valence-electron chi connectivity index (χ4n) is 1.86. The highest BCUT2D eigenvalue weighted by molar-refractivity contribution is 7.09. The van der Waals surface area contributed by atoms with E-state index >= 15 is 0 Å². The van der Waals surface area contributed by atoms with Gasteiger partial charge in [-0.25, -0.2) is 9.78 Å². The first kappa shape index (κ1) is 17.9. The summed E-state index contributed by atoms with van der Waals surface area (Å²) in [6.07, 6.45) is 2.65. The van der Waals surface area contributed by atoms with Crippen molar-refractivity contribution >= 4 is 17.4 Å². The molecule has 0 spiro atoms. The number of nitrogens with zero attached hydrogens (tertiary/aromatic N) is 1. The number of hydrogen-bond acceptors (Lipinski definition) is 4. The normalized spacial score (nSPS) is 13.0.